The lowest BCUT2D eigenvalue weighted by Gasteiger charge is -2.12. The molecule has 4 rings (SSSR count). The third-order valence-corrected chi connectivity index (χ3v) is 4.24. The third kappa shape index (κ3) is 2.92. The second kappa shape index (κ2) is 6.49. The Morgan fingerprint density at radius 2 is 1.92 bits per heavy atom. The van der Waals surface area contributed by atoms with Crippen LogP contribution in [-0.4, -0.2) is 38.4 Å². The molecule has 0 unspecified atom stereocenters. The molecule has 124 valence electrons. The molecule has 6 heteroatoms. The summed E-state index contributed by atoms with van der Waals surface area (Å²) in [4.78, 5) is 8.82. The predicted molar refractivity (Wildman–Crippen MR) is 90.2 cm³/mol. The van der Waals surface area contributed by atoms with Crippen molar-refractivity contribution in [1.82, 2.24) is 19.1 Å². The van der Waals surface area contributed by atoms with Crippen molar-refractivity contribution in [2.75, 3.05) is 13.2 Å². The van der Waals surface area contributed by atoms with Gasteiger partial charge in [-0.15, -0.1) is 0 Å². The molecule has 1 atom stereocenters. The minimum absolute atomic E-state index is 0.230. The highest BCUT2D eigenvalue weighted by Crippen LogP contribution is 2.22. The Labute approximate surface area is 140 Å². The molecule has 6 nitrogen and oxygen atoms in total. The second-order valence-corrected chi connectivity index (χ2v) is 5.92. The number of nitrogens with zero attached hydrogens (tertiary/aromatic N) is 4. The zero-order valence-corrected chi connectivity index (χ0v) is 13.6. The zero-order chi connectivity index (χ0) is 16.4. The van der Waals surface area contributed by atoms with Crippen LogP contribution in [0.4, 0.5) is 0 Å². The Balaban J connectivity index is 1.51. The van der Waals surface area contributed by atoms with Crippen molar-refractivity contribution in [3.05, 3.63) is 49.1 Å². The summed E-state index contributed by atoms with van der Waals surface area (Å²) in [5.41, 5.74) is 1.02. The van der Waals surface area contributed by atoms with Crippen molar-refractivity contribution >= 4 is 0 Å². The monoisotopic (exact) mass is 324 g/mol. The van der Waals surface area contributed by atoms with E-state index in [1.807, 2.05) is 52.8 Å². The van der Waals surface area contributed by atoms with Gasteiger partial charge in [-0.1, -0.05) is 0 Å². The van der Waals surface area contributed by atoms with Crippen molar-refractivity contribution in [2.45, 2.75) is 18.9 Å². The van der Waals surface area contributed by atoms with Gasteiger partial charge in [0.1, 0.15) is 12.4 Å². The summed E-state index contributed by atoms with van der Waals surface area (Å²) in [6.45, 7) is 1.46. The van der Waals surface area contributed by atoms with E-state index in [1.165, 1.54) is 0 Å². The van der Waals surface area contributed by atoms with Gasteiger partial charge in [-0.25, -0.2) is 9.97 Å². The van der Waals surface area contributed by atoms with Gasteiger partial charge < -0.3 is 14.0 Å². The first-order valence-electron chi connectivity index (χ1n) is 8.17. The summed E-state index contributed by atoms with van der Waals surface area (Å²) in [6.07, 6.45) is 9.85. The Morgan fingerprint density at radius 3 is 2.62 bits per heavy atom. The number of benzene rings is 1. The Bertz CT molecular complexity index is 801. The standard InChI is InChI=1S/C18H20N4O2/c1-21-10-8-19-17(21)18-20-9-11-22(18)14-4-6-15(7-5-14)24-13-16-3-2-12-23-16/h4-11,16H,2-3,12-13H2,1H3/t16-/m1/s1. The Morgan fingerprint density at radius 1 is 1.12 bits per heavy atom. The number of imidazole rings is 2. The molecule has 3 aromatic rings. The maximum Gasteiger partial charge on any atom is 0.181 e. The highest BCUT2D eigenvalue weighted by atomic mass is 16.5. The zero-order valence-electron chi connectivity index (χ0n) is 13.6. The first-order valence-corrected chi connectivity index (χ1v) is 8.17. The van der Waals surface area contributed by atoms with E-state index in [0.717, 1.165) is 42.5 Å². The van der Waals surface area contributed by atoms with Crippen LogP contribution < -0.4 is 4.74 Å². The number of aromatic nitrogens is 4. The molecule has 0 radical (unpaired) electrons. The van der Waals surface area contributed by atoms with Crippen LogP contribution in [0.25, 0.3) is 17.3 Å². The van der Waals surface area contributed by atoms with Gasteiger partial charge in [0.05, 0.1) is 6.10 Å². The SMILES string of the molecule is Cn1ccnc1-c1nccn1-c1ccc(OC[C@H]2CCCO2)cc1. The summed E-state index contributed by atoms with van der Waals surface area (Å²) in [7, 11) is 1.96. The number of rotatable bonds is 5. The molecule has 1 fully saturated rings. The van der Waals surface area contributed by atoms with Gasteiger partial charge in [-0.05, 0) is 37.1 Å². The molecule has 1 aliphatic rings. The van der Waals surface area contributed by atoms with Gasteiger partial charge in [-0.2, -0.15) is 0 Å². The van der Waals surface area contributed by atoms with E-state index in [9.17, 15) is 0 Å². The maximum atomic E-state index is 5.82. The van der Waals surface area contributed by atoms with Crippen LogP contribution in [-0.2, 0) is 11.8 Å². The molecule has 0 spiro atoms. The van der Waals surface area contributed by atoms with Crippen molar-refractivity contribution in [3.8, 4) is 23.1 Å². The number of ether oxygens (including phenoxy) is 2. The van der Waals surface area contributed by atoms with E-state index in [0.29, 0.717) is 6.61 Å². The summed E-state index contributed by atoms with van der Waals surface area (Å²) >= 11 is 0. The van der Waals surface area contributed by atoms with Gasteiger partial charge in [0.15, 0.2) is 11.6 Å². The molecule has 0 aliphatic carbocycles. The van der Waals surface area contributed by atoms with E-state index in [1.54, 1.807) is 12.4 Å². The number of aryl methyl sites for hydroxylation is 1. The Kier molecular flexibility index (Phi) is 4.04. The van der Waals surface area contributed by atoms with Gasteiger partial charge in [0.2, 0.25) is 0 Å². The molecular formula is C18H20N4O2. The fourth-order valence-electron chi connectivity index (χ4n) is 2.93. The fourth-order valence-corrected chi connectivity index (χ4v) is 2.93. The fraction of sp³-hybridized carbons (Fsp3) is 0.333. The molecule has 0 saturated carbocycles. The quantitative estimate of drug-likeness (QED) is 0.724. The summed E-state index contributed by atoms with van der Waals surface area (Å²) in [5, 5.41) is 0. The van der Waals surface area contributed by atoms with Crippen LogP contribution in [0.5, 0.6) is 5.75 Å². The minimum atomic E-state index is 0.230. The molecule has 1 saturated heterocycles. The first kappa shape index (κ1) is 15.0. The topological polar surface area (TPSA) is 54.1 Å². The largest absolute Gasteiger partial charge is 0.491 e. The van der Waals surface area contributed by atoms with Gasteiger partial charge in [0.25, 0.3) is 0 Å². The molecule has 24 heavy (non-hydrogen) atoms. The normalized spacial score (nSPS) is 17.3. The molecule has 3 heterocycles. The van der Waals surface area contributed by atoms with E-state index in [2.05, 4.69) is 9.97 Å². The van der Waals surface area contributed by atoms with Gasteiger partial charge >= 0.3 is 0 Å². The highest BCUT2D eigenvalue weighted by Gasteiger charge is 2.16. The lowest BCUT2D eigenvalue weighted by atomic mass is 10.2. The molecule has 0 N–H and O–H groups in total. The summed E-state index contributed by atoms with van der Waals surface area (Å²) in [5.74, 6) is 2.50. The first-order chi connectivity index (χ1) is 11.8. The molecule has 2 aromatic heterocycles. The molecular weight excluding hydrogens is 304 g/mol. The minimum Gasteiger partial charge on any atom is -0.491 e. The second-order valence-electron chi connectivity index (χ2n) is 5.92. The van der Waals surface area contributed by atoms with E-state index < -0.39 is 0 Å². The number of hydrogen-bond donors (Lipinski definition) is 0. The van der Waals surface area contributed by atoms with Crippen molar-refractivity contribution in [1.29, 1.82) is 0 Å². The van der Waals surface area contributed by atoms with Gasteiger partial charge in [0, 0.05) is 44.1 Å². The molecule has 0 bridgehead atoms. The van der Waals surface area contributed by atoms with E-state index >= 15 is 0 Å². The Hall–Kier alpha value is -2.60. The molecule has 1 aliphatic heterocycles. The third-order valence-electron chi connectivity index (χ3n) is 4.24. The molecule has 1 aromatic carbocycles. The van der Waals surface area contributed by atoms with Gasteiger partial charge in [-0.3, -0.25) is 4.57 Å². The highest BCUT2D eigenvalue weighted by molar-refractivity contribution is 5.51. The lowest BCUT2D eigenvalue weighted by molar-refractivity contribution is 0.0679. The van der Waals surface area contributed by atoms with Crippen molar-refractivity contribution in [2.24, 2.45) is 7.05 Å². The van der Waals surface area contributed by atoms with E-state index in [4.69, 9.17) is 9.47 Å². The smallest absolute Gasteiger partial charge is 0.181 e. The van der Waals surface area contributed by atoms with Crippen molar-refractivity contribution in [3.63, 3.8) is 0 Å². The van der Waals surface area contributed by atoms with Crippen LogP contribution in [0.3, 0.4) is 0 Å². The molecule has 0 amide bonds. The lowest BCUT2D eigenvalue weighted by Crippen LogP contribution is -2.16. The number of hydrogen-bond acceptors (Lipinski definition) is 4. The maximum absolute atomic E-state index is 5.82. The van der Waals surface area contributed by atoms with Crippen LogP contribution in [0, 0.1) is 0 Å². The van der Waals surface area contributed by atoms with Crippen molar-refractivity contribution < 1.29 is 9.47 Å². The van der Waals surface area contributed by atoms with Crippen LogP contribution in [0.15, 0.2) is 49.1 Å². The average molecular weight is 324 g/mol. The summed E-state index contributed by atoms with van der Waals surface area (Å²) in [6, 6.07) is 8.01. The average Bonchev–Trinajstić information content (AvgIpc) is 3.35. The van der Waals surface area contributed by atoms with E-state index in [-0.39, 0.29) is 6.10 Å². The summed E-state index contributed by atoms with van der Waals surface area (Å²) < 4.78 is 15.4. The van der Waals surface area contributed by atoms with Crippen LogP contribution in [0.2, 0.25) is 0 Å². The van der Waals surface area contributed by atoms with Crippen LogP contribution in [0.1, 0.15) is 12.8 Å². The predicted octanol–water partition coefficient (Wildman–Crippen LogP) is 2.83. The van der Waals surface area contributed by atoms with Crippen LogP contribution >= 0.6 is 0 Å².